The van der Waals surface area contributed by atoms with Crippen LogP contribution in [-0.2, 0) is 12.8 Å². The zero-order chi connectivity index (χ0) is 16.2. The fourth-order valence-electron chi connectivity index (χ4n) is 2.95. The minimum Gasteiger partial charge on any atom is -0.508 e. The van der Waals surface area contributed by atoms with Gasteiger partial charge >= 0.3 is 0 Å². The molecule has 0 aliphatic heterocycles. The fraction of sp³-hybridized carbons (Fsp3) is 0.700. The molecular formula is C20H34O2. The van der Waals surface area contributed by atoms with Gasteiger partial charge in [0.15, 0.2) is 0 Å². The summed E-state index contributed by atoms with van der Waals surface area (Å²) in [6, 6.07) is 3.63. The van der Waals surface area contributed by atoms with Crippen LogP contribution in [-0.4, -0.2) is 10.2 Å². The highest BCUT2D eigenvalue weighted by Crippen LogP contribution is 2.33. The van der Waals surface area contributed by atoms with Crippen LogP contribution in [0.5, 0.6) is 11.5 Å². The number of rotatable bonds is 12. The van der Waals surface area contributed by atoms with Crippen LogP contribution in [0.25, 0.3) is 0 Å². The van der Waals surface area contributed by atoms with Crippen molar-refractivity contribution < 1.29 is 10.2 Å². The van der Waals surface area contributed by atoms with Crippen LogP contribution in [0.4, 0.5) is 0 Å². The molecule has 0 spiro atoms. The van der Waals surface area contributed by atoms with Crippen LogP contribution >= 0.6 is 0 Å². The maximum atomic E-state index is 10.4. The molecule has 0 bridgehead atoms. The van der Waals surface area contributed by atoms with Crippen molar-refractivity contribution in [3.63, 3.8) is 0 Å². The molecule has 0 aromatic heterocycles. The van der Waals surface area contributed by atoms with Gasteiger partial charge in [0.2, 0.25) is 0 Å². The number of phenols is 2. The molecule has 0 atom stereocenters. The highest BCUT2D eigenvalue weighted by Gasteiger charge is 2.11. The predicted octanol–water partition coefficient (Wildman–Crippen LogP) is 6.12. The molecule has 0 unspecified atom stereocenters. The second-order valence-electron chi connectivity index (χ2n) is 6.40. The second kappa shape index (κ2) is 11.4. The van der Waals surface area contributed by atoms with Gasteiger partial charge in [-0.15, -0.1) is 0 Å². The van der Waals surface area contributed by atoms with Gasteiger partial charge in [-0.2, -0.15) is 0 Å². The zero-order valence-corrected chi connectivity index (χ0v) is 14.5. The van der Waals surface area contributed by atoms with E-state index >= 15 is 0 Å². The molecule has 0 aliphatic rings. The van der Waals surface area contributed by atoms with Gasteiger partial charge < -0.3 is 10.2 Å². The lowest BCUT2D eigenvalue weighted by atomic mass is 9.98. The van der Waals surface area contributed by atoms with Crippen LogP contribution < -0.4 is 0 Å². The van der Waals surface area contributed by atoms with E-state index in [0.717, 1.165) is 36.8 Å². The average molecular weight is 306 g/mol. The molecule has 0 heterocycles. The Balaban J connectivity index is 2.47. The third kappa shape index (κ3) is 6.72. The van der Waals surface area contributed by atoms with Gasteiger partial charge in [0, 0.05) is 5.56 Å². The molecule has 0 radical (unpaired) electrons. The van der Waals surface area contributed by atoms with Gasteiger partial charge in [0.25, 0.3) is 0 Å². The van der Waals surface area contributed by atoms with E-state index < -0.39 is 0 Å². The Kier molecular flexibility index (Phi) is 9.77. The fourth-order valence-corrected chi connectivity index (χ4v) is 2.95. The number of hydrogen-bond donors (Lipinski definition) is 2. The monoisotopic (exact) mass is 306 g/mol. The van der Waals surface area contributed by atoms with Crippen molar-refractivity contribution in [3.8, 4) is 11.5 Å². The second-order valence-corrected chi connectivity index (χ2v) is 6.40. The summed E-state index contributed by atoms with van der Waals surface area (Å²) in [4.78, 5) is 0. The van der Waals surface area contributed by atoms with Gasteiger partial charge in [-0.05, 0) is 37.3 Å². The summed E-state index contributed by atoms with van der Waals surface area (Å²) in [7, 11) is 0. The summed E-state index contributed by atoms with van der Waals surface area (Å²) in [5, 5.41) is 20.4. The van der Waals surface area contributed by atoms with E-state index in [-0.39, 0.29) is 5.75 Å². The molecule has 0 saturated heterocycles. The van der Waals surface area contributed by atoms with E-state index in [2.05, 4.69) is 13.8 Å². The standard InChI is InChI=1S/C20H34O2/c1-3-5-7-9-10-12-14-18-19(21)16-15-17(20(18)22)13-11-8-6-4-2/h15-16,21-22H,3-14H2,1-2H3. The average Bonchev–Trinajstić information content (AvgIpc) is 2.52. The summed E-state index contributed by atoms with van der Waals surface area (Å²) in [5.41, 5.74) is 1.75. The maximum absolute atomic E-state index is 10.4. The summed E-state index contributed by atoms with van der Waals surface area (Å²) in [5.74, 6) is 0.591. The van der Waals surface area contributed by atoms with Crippen LogP contribution in [0.2, 0.25) is 0 Å². The molecule has 2 heteroatoms. The molecule has 1 aromatic carbocycles. The lowest BCUT2D eigenvalue weighted by Crippen LogP contribution is -1.94. The van der Waals surface area contributed by atoms with Crippen LogP contribution in [0.1, 0.15) is 89.2 Å². The zero-order valence-electron chi connectivity index (χ0n) is 14.5. The highest BCUT2D eigenvalue weighted by atomic mass is 16.3. The summed E-state index contributed by atoms with van der Waals surface area (Å²) < 4.78 is 0. The van der Waals surface area contributed by atoms with E-state index in [1.54, 1.807) is 6.07 Å². The first-order valence-electron chi connectivity index (χ1n) is 9.23. The van der Waals surface area contributed by atoms with Crippen molar-refractivity contribution in [3.05, 3.63) is 23.3 Å². The normalized spacial score (nSPS) is 11.0. The van der Waals surface area contributed by atoms with Crippen molar-refractivity contribution in [1.82, 2.24) is 0 Å². The molecule has 1 rings (SSSR count). The van der Waals surface area contributed by atoms with Crippen molar-refractivity contribution in [2.75, 3.05) is 0 Å². The van der Waals surface area contributed by atoms with Gasteiger partial charge in [-0.25, -0.2) is 0 Å². The van der Waals surface area contributed by atoms with Crippen molar-refractivity contribution >= 4 is 0 Å². The van der Waals surface area contributed by atoms with Crippen LogP contribution in [0.3, 0.4) is 0 Å². The number of unbranched alkanes of at least 4 members (excludes halogenated alkanes) is 8. The molecule has 1 aromatic rings. The third-order valence-electron chi connectivity index (χ3n) is 4.42. The molecule has 2 nitrogen and oxygen atoms in total. The molecule has 0 aliphatic carbocycles. The number of hydrogen-bond acceptors (Lipinski definition) is 2. The number of aromatic hydroxyl groups is 2. The number of phenolic OH excluding ortho intramolecular Hbond substituents is 2. The van der Waals surface area contributed by atoms with Crippen LogP contribution in [0, 0.1) is 0 Å². The van der Waals surface area contributed by atoms with E-state index in [1.165, 1.54) is 51.4 Å². The molecule has 126 valence electrons. The van der Waals surface area contributed by atoms with E-state index in [9.17, 15) is 10.2 Å². The first-order chi connectivity index (χ1) is 10.7. The van der Waals surface area contributed by atoms with Gasteiger partial charge in [0.05, 0.1) is 0 Å². The quantitative estimate of drug-likeness (QED) is 0.456. The number of benzene rings is 1. The van der Waals surface area contributed by atoms with E-state index in [1.807, 2.05) is 6.07 Å². The Morgan fingerprint density at radius 3 is 1.91 bits per heavy atom. The Labute approximate surface area is 136 Å². The first-order valence-corrected chi connectivity index (χ1v) is 9.23. The summed E-state index contributed by atoms with van der Waals surface area (Å²) >= 11 is 0. The maximum Gasteiger partial charge on any atom is 0.125 e. The summed E-state index contributed by atoms with van der Waals surface area (Å²) in [6.45, 7) is 4.43. The lowest BCUT2D eigenvalue weighted by molar-refractivity contribution is 0.430. The minimum atomic E-state index is 0.253. The molecule has 0 saturated carbocycles. The van der Waals surface area contributed by atoms with E-state index in [0.29, 0.717) is 5.75 Å². The Morgan fingerprint density at radius 2 is 1.23 bits per heavy atom. The highest BCUT2D eigenvalue weighted by molar-refractivity contribution is 5.48. The van der Waals surface area contributed by atoms with E-state index in [4.69, 9.17) is 0 Å². The summed E-state index contributed by atoms with van der Waals surface area (Å²) in [6.07, 6.45) is 13.9. The molecule has 0 amide bonds. The minimum absolute atomic E-state index is 0.253. The van der Waals surface area contributed by atoms with Gasteiger partial charge in [-0.1, -0.05) is 71.3 Å². The smallest absolute Gasteiger partial charge is 0.125 e. The Hall–Kier alpha value is -1.18. The van der Waals surface area contributed by atoms with Crippen molar-refractivity contribution in [2.24, 2.45) is 0 Å². The predicted molar refractivity (Wildman–Crippen MR) is 94.7 cm³/mol. The molecule has 0 fully saturated rings. The van der Waals surface area contributed by atoms with Gasteiger partial charge in [0.1, 0.15) is 11.5 Å². The molecule has 22 heavy (non-hydrogen) atoms. The third-order valence-corrected chi connectivity index (χ3v) is 4.42. The van der Waals surface area contributed by atoms with Crippen molar-refractivity contribution in [2.45, 2.75) is 90.9 Å². The lowest BCUT2D eigenvalue weighted by Gasteiger charge is -2.12. The largest absolute Gasteiger partial charge is 0.508 e. The van der Waals surface area contributed by atoms with Crippen molar-refractivity contribution in [1.29, 1.82) is 0 Å². The Morgan fingerprint density at radius 1 is 0.682 bits per heavy atom. The van der Waals surface area contributed by atoms with Crippen LogP contribution in [0.15, 0.2) is 12.1 Å². The first kappa shape index (κ1) is 18.9. The Bertz CT molecular complexity index is 412. The topological polar surface area (TPSA) is 40.5 Å². The molecule has 2 N–H and O–H groups in total. The number of aryl methyl sites for hydroxylation is 1. The van der Waals surface area contributed by atoms with Gasteiger partial charge in [-0.3, -0.25) is 0 Å². The SMILES string of the molecule is CCCCCCCCc1c(O)ccc(CCCCCC)c1O. The molecular weight excluding hydrogens is 272 g/mol.